The van der Waals surface area contributed by atoms with Gasteiger partial charge in [0.25, 0.3) is 5.91 Å². The Bertz CT molecular complexity index is 668. The topological polar surface area (TPSA) is 55.1 Å². The molecule has 1 amide bonds. The van der Waals surface area contributed by atoms with Crippen LogP contribution in [0.15, 0.2) is 43.7 Å². The van der Waals surface area contributed by atoms with Crippen LogP contribution in [0.25, 0.3) is 0 Å². The Labute approximate surface area is 146 Å². The number of carbonyl (C=O) groups excluding carboxylic acids is 1. The zero-order chi connectivity index (χ0) is 14.9. The molecule has 0 spiro atoms. The molecule has 0 fully saturated rings. The van der Waals surface area contributed by atoms with E-state index in [2.05, 4.69) is 53.1 Å². The van der Waals surface area contributed by atoms with Crippen molar-refractivity contribution in [2.24, 2.45) is 0 Å². The van der Waals surface area contributed by atoms with E-state index in [0.717, 1.165) is 13.4 Å². The Kier molecular flexibility index (Phi) is 5.12. The van der Waals surface area contributed by atoms with E-state index >= 15 is 0 Å². The molecule has 7 heteroatoms. The number of carbonyl (C=O) groups is 1. The molecule has 0 unspecified atom stereocenters. The summed E-state index contributed by atoms with van der Waals surface area (Å²) in [4.78, 5) is 12.3. The lowest BCUT2D eigenvalue weighted by molar-refractivity contribution is 0.102. The molecule has 0 radical (unpaired) electrons. The molecule has 0 aliphatic rings. The van der Waals surface area contributed by atoms with E-state index in [4.69, 9.17) is 17.3 Å². The first-order valence-electron chi connectivity index (χ1n) is 5.39. The maximum atomic E-state index is 12.3. The van der Waals surface area contributed by atoms with Crippen molar-refractivity contribution in [1.82, 2.24) is 0 Å². The number of nitrogens with one attached hydrogen (secondary N) is 1. The fourth-order valence-corrected chi connectivity index (χ4v) is 4.22. The van der Waals surface area contributed by atoms with Crippen molar-refractivity contribution in [3.05, 3.63) is 54.3 Å². The van der Waals surface area contributed by atoms with Crippen LogP contribution in [0.3, 0.4) is 0 Å². The van der Waals surface area contributed by atoms with E-state index in [1.807, 2.05) is 12.1 Å². The number of amides is 1. The molecule has 0 bridgehead atoms. The molecule has 0 heterocycles. The normalized spacial score (nSPS) is 10.4. The summed E-state index contributed by atoms with van der Waals surface area (Å²) in [5.74, 6) is -0.328. The van der Waals surface area contributed by atoms with Crippen LogP contribution in [-0.4, -0.2) is 5.91 Å². The van der Waals surface area contributed by atoms with Crippen molar-refractivity contribution in [2.45, 2.75) is 0 Å². The maximum absolute atomic E-state index is 12.3. The highest BCUT2D eigenvalue weighted by Crippen LogP contribution is 2.35. The second-order valence-electron chi connectivity index (χ2n) is 3.94. The van der Waals surface area contributed by atoms with Gasteiger partial charge in [-0.25, -0.2) is 0 Å². The highest BCUT2D eigenvalue weighted by Gasteiger charge is 2.15. The summed E-state index contributed by atoms with van der Waals surface area (Å²) in [7, 11) is 0. The molecule has 0 aromatic heterocycles. The Morgan fingerprint density at radius 3 is 2.30 bits per heavy atom. The van der Waals surface area contributed by atoms with Gasteiger partial charge in [-0.15, -0.1) is 0 Å². The number of hydrogen-bond donors (Lipinski definition) is 2. The lowest BCUT2D eigenvalue weighted by atomic mass is 10.2. The second kappa shape index (κ2) is 6.47. The van der Waals surface area contributed by atoms with Crippen molar-refractivity contribution in [3.8, 4) is 0 Å². The number of nitrogen functional groups attached to an aromatic ring is 1. The highest BCUT2D eigenvalue weighted by molar-refractivity contribution is 9.11. The van der Waals surface area contributed by atoms with Gasteiger partial charge in [-0.3, -0.25) is 4.79 Å². The van der Waals surface area contributed by atoms with E-state index in [1.165, 1.54) is 0 Å². The molecule has 0 aliphatic carbocycles. The minimum atomic E-state index is -0.328. The summed E-state index contributed by atoms with van der Waals surface area (Å²) in [6.45, 7) is 0. The van der Waals surface area contributed by atoms with Crippen LogP contribution in [0, 0.1) is 0 Å². The summed E-state index contributed by atoms with van der Waals surface area (Å²) in [5.41, 5.74) is 7.10. The third-order valence-corrected chi connectivity index (χ3v) is 4.52. The van der Waals surface area contributed by atoms with Gasteiger partial charge in [0.05, 0.1) is 16.3 Å². The average molecular weight is 483 g/mol. The molecule has 2 aromatic rings. The summed E-state index contributed by atoms with van der Waals surface area (Å²) in [6.07, 6.45) is 0. The van der Waals surface area contributed by atoms with E-state index < -0.39 is 0 Å². The highest BCUT2D eigenvalue weighted by atomic mass is 79.9. The van der Waals surface area contributed by atoms with Gasteiger partial charge >= 0.3 is 0 Å². The van der Waals surface area contributed by atoms with Gasteiger partial charge in [0, 0.05) is 19.1 Å². The van der Waals surface area contributed by atoms with Gasteiger partial charge < -0.3 is 11.1 Å². The average Bonchev–Trinajstić information content (AvgIpc) is 2.36. The molecule has 0 atom stereocenters. The van der Waals surface area contributed by atoms with E-state index in [0.29, 0.717) is 22.0 Å². The van der Waals surface area contributed by atoms with Crippen molar-refractivity contribution in [1.29, 1.82) is 0 Å². The standard InChI is InChI=1S/C13H8Br3ClN2O/c14-6-3-9(15)12(10(16)4-6)19-13(20)8-5-7(18)1-2-11(8)17/h1-5H,18H2,(H,19,20). The van der Waals surface area contributed by atoms with Crippen molar-refractivity contribution < 1.29 is 4.79 Å². The maximum Gasteiger partial charge on any atom is 0.257 e. The first-order valence-corrected chi connectivity index (χ1v) is 8.15. The molecule has 2 rings (SSSR count). The molecular formula is C13H8Br3ClN2O. The minimum absolute atomic E-state index is 0.327. The van der Waals surface area contributed by atoms with E-state index in [-0.39, 0.29) is 5.91 Å². The molecule has 104 valence electrons. The number of anilines is 2. The Balaban J connectivity index is 2.35. The van der Waals surface area contributed by atoms with Crippen LogP contribution in [0.4, 0.5) is 11.4 Å². The lowest BCUT2D eigenvalue weighted by Crippen LogP contribution is -2.13. The molecular weight excluding hydrogens is 475 g/mol. The smallest absolute Gasteiger partial charge is 0.257 e. The van der Waals surface area contributed by atoms with Gasteiger partial charge in [0.1, 0.15) is 0 Å². The van der Waals surface area contributed by atoms with Crippen LogP contribution in [-0.2, 0) is 0 Å². The van der Waals surface area contributed by atoms with Crippen LogP contribution in [0.2, 0.25) is 5.02 Å². The zero-order valence-corrected chi connectivity index (χ0v) is 15.4. The van der Waals surface area contributed by atoms with E-state index in [1.54, 1.807) is 18.2 Å². The van der Waals surface area contributed by atoms with Gasteiger partial charge in [-0.05, 0) is 62.2 Å². The monoisotopic (exact) mass is 480 g/mol. The Hall–Kier alpha value is -0.560. The summed E-state index contributed by atoms with van der Waals surface area (Å²) < 4.78 is 2.37. The first-order chi connectivity index (χ1) is 9.38. The number of benzene rings is 2. The molecule has 0 aliphatic heterocycles. The fourth-order valence-electron chi connectivity index (χ4n) is 1.56. The predicted octanol–water partition coefficient (Wildman–Crippen LogP) is 5.46. The molecule has 2 aromatic carbocycles. The molecule has 0 saturated heterocycles. The van der Waals surface area contributed by atoms with Crippen LogP contribution >= 0.6 is 59.4 Å². The van der Waals surface area contributed by atoms with Gasteiger partial charge in [0.2, 0.25) is 0 Å². The van der Waals surface area contributed by atoms with Gasteiger partial charge in [-0.2, -0.15) is 0 Å². The number of hydrogen-bond acceptors (Lipinski definition) is 2. The first kappa shape index (κ1) is 15.8. The van der Waals surface area contributed by atoms with Crippen molar-refractivity contribution >= 4 is 76.7 Å². The number of rotatable bonds is 2. The quantitative estimate of drug-likeness (QED) is 0.558. The summed E-state index contributed by atoms with van der Waals surface area (Å²) >= 11 is 16.2. The van der Waals surface area contributed by atoms with E-state index in [9.17, 15) is 4.79 Å². The SMILES string of the molecule is Nc1ccc(Cl)c(C(=O)Nc2c(Br)cc(Br)cc2Br)c1. The lowest BCUT2D eigenvalue weighted by Gasteiger charge is -2.11. The Morgan fingerprint density at radius 2 is 1.70 bits per heavy atom. The van der Waals surface area contributed by atoms with Crippen LogP contribution in [0.1, 0.15) is 10.4 Å². The largest absolute Gasteiger partial charge is 0.399 e. The molecule has 3 N–H and O–H groups in total. The van der Waals surface area contributed by atoms with Crippen LogP contribution in [0.5, 0.6) is 0 Å². The summed E-state index contributed by atoms with van der Waals surface area (Å²) in [6, 6.07) is 8.45. The summed E-state index contributed by atoms with van der Waals surface area (Å²) in [5, 5.41) is 3.14. The molecule has 0 saturated carbocycles. The van der Waals surface area contributed by atoms with Crippen LogP contribution < -0.4 is 11.1 Å². The molecule has 3 nitrogen and oxygen atoms in total. The third-order valence-electron chi connectivity index (χ3n) is 2.48. The predicted molar refractivity (Wildman–Crippen MR) is 93.4 cm³/mol. The minimum Gasteiger partial charge on any atom is -0.399 e. The Morgan fingerprint density at radius 1 is 1.10 bits per heavy atom. The van der Waals surface area contributed by atoms with Gasteiger partial charge in [-0.1, -0.05) is 27.5 Å². The van der Waals surface area contributed by atoms with Crippen molar-refractivity contribution in [2.75, 3.05) is 11.1 Å². The number of nitrogens with two attached hydrogens (primary N) is 1. The second-order valence-corrected chi connectivity index (χ2v) is 6.97. The van der Waals surface area contributed by atoms with Gasteiger partial charge in [0.15, 0.2) is 0 Å². The molecule has 20 heavy (non-hydrogen) atoms. The van der Waals surface area contributed by atoms with Crippen molar-refractivity contribution in [3.63, 3.8) is 0 Å². The third kappa shape index (κ3) is 3.55. The number of halogens is 4. The fraction of sp³-hybridized carbons (Fsp3) is 0. The zero-order valence-electron chi connectivity index (χ0n) is 9.88.